The second-order valence-electron chi connectivity index (χ2n) is 3.69. The van der Waals surface area contributed by atoms with Crippen LogP contribution in [0.4, 0.5) is 0 Å². The predicted molar refractivity (Wildman–Crippen MR) is 52.9 cm³/mol. The summed E-state index contributed by atoms with van der Waals surface area (Å²) in [5, 5.41) is 5.18. The zero-order valence-corrected chi connectivity index (χ0v) is 9.10. The monoisotopic (exact) mass is 206 g/mol. The van der Waals surface area contributed by atoms with E-state index in [-0.39, 0.29) is 0 Å². The van der Waals surface area contributed by atoms with Gasteiger partial charge in [0, 0.05) is 6.54 Å². The highest BCUT2D eigenvalue weighted by Gasteiger charge is 2.53. The summed E-state index contributed by atoms with van der Waals surface area (Å²) >= 11 is 0. The second kappa shape index (κ2) is 3.55. The van der Waals surface area contributed by atoms with Crippen molar-refractivity contribution in [2.24, 2.45) is 5.14 Å². The van der Waals surface area contributed by atoms with Crippen LogP contribution >= 0.6 is 0 Å². The molecule has 13 heavy (non-hydrogen) atoms. The number of hydrogen-bond donors (Lipinski definition) is 1. The number of sulfonamides is 1. The lowest BCUT2D eigenvalue weighted by molar-refractivity contribution is 0.296. The van der Waals surface area contributed by atoms with Crippen LogP contribution in [0.5, 0.6) is 0 Å². The zero-order chi connectivity index (χ0) is 10.1. The fourth-order valence-corrected chi connectivity index (χ4v) is 2.56. The van der Waals surface area contributed by atoms with E-state index in [1.54, 1.807) is 0 Å². The normalized spacial score (nSPS) is 20.6. The summed E-state index contributed by atoms with van der Waals surface area (Å²) in [6, 6.07) is 0. The van der Waals surface area contributed by atoms with Gasteiger partial charge in [0.25, 0.3) is 0 Å². The lowest BCUT2D eigenvalue weighted by Crippen LogP contribution is -2.41. The predicted octanol–water partition coefficient (Wildman–Crippen LogP) is 0.149. The molecule has 0 aliphatic heterocycles. The molecular weight excluding hydrogens is 188 g/mol. The summed E-state index contributed by atoms with van der Waals surface area (Å²) in [6.45, 7) is 6.42. The van der Waals surface area contributed by atoms with Crippen LogP contribution in [0.1, 0.15) is 26.7 Å². The van der Waals surface area contributed by atoms with Crippen LogP contribution in [0.25, 0.3) is 0 Å². The summed E-state index contributed by atoms with van der Waals surface area (Å²) in [7, 11) is -3.35. The zero-order valence-electron chi connectivity index (χ0n) is 8.28. The van der Waals surface area contributed by atoms with Crippen LogP contribution in [-0.4, -0.2) is 37.7 Å². The summed E-state index contributed by atoms with van der Waals surface area (Å²) in [4.78, 5) is 2.11. The number of nitrogens with zero attached hydrogens (tertiary/aromatic N) is 1. The third kappa shape index (κ3) is 2.21. The fraction of sp³-hybridized carbons (Fsp3) is 1.00. The van der Waals surface area contributed by atoms with E-state index < -0.39 is 14.8 Å². The molecule has 0 atom stereocenters. The molecule has 0 radical (unpaired) electrons. The van der Waals surface area contributed by atoms with Gasteiger partial charge in [-0.3, -0.25) is 0 Å². The Morgan fingerprint density at radius 2 is 1.77 bits per heavy atom. The van der Waals surface area contributed by atoms with Gasteiger partial charge in [-0.25, -0.2) is 13.6 Å². The second-order valence-corrected chi connectivity index (χ2v) is 5.65. The first-order chi connectivity index (χ1) is 5.95. The molecule has 0 aromatic rings. The van der Waals surface area contributed by atoms with Crippen LogP contribution in [-0.2, 0) is 10.0 Å². The standard InChI is InChI=1S/C8H18N2O2S/c1-3-10(4-2)7-8(5-6-8)13(9,11)12/h3-7H2,1-2H3,(H2,9,11,12). The van der Waals surface area contributed by atoms with Gasteiger partial charge in [-0.2, -0.15) is 0 Å². The van der Waals surface area contributed by atoms with Crippen LogP contribution < -0.4 is 5.14 Å². The maximum absolute atomic E-state index is 11.2. The molecule has 0 unspecified atom stereocenters. The van der Waals surface area contributed by atoms with Gasteiger partial charge < -0.3 is 4.90 Å². The van der Waals surface area contributed by atoms with Gasteiger partial charge in [0.1, 0.15) is 0 Å². The summed E-state index contributed by atoms with van der Waals surface area (Å²) < 4.78 is 21.9. The van der Waals surface area contributed by atoms with E-state index in [1.165, 1.54) is 0 Å². The topological polar surface area (TPSA) is 63.4 Å². The molecule has 0 heterocycles. The van der Waals surface area contributed by atoms with Crippen molar-refractivity contribution in [3.8, 4) is 0 Å². The van der Waals surface area contributed by atoms with Crippen molar-refractivity contribution >= 4 is 10.0 Å². The summed E-state index contributed by atoms with van der Waals surface area (Å²) in [6.07, 6.45) is 1.45. The van der Waals surface area contributed by atoms with E-state index in [9.17, 15) is 8.42 Å². The molecule has 1 aliphatic rings. The molecule has 4 nitrogen and oxygen atoms in total. The van der Waals surface area contributed by atoms with E-state index in [2.05, 4.69) is 4.90 Å². The van der Waals surface area contributed by atoms with Crippen LogP contribution in [0.3, 0.4) is 0 Å². The van der Waals surface area contributed by atoms with Gasteiger partial charge in [0.15, 0.2) is 0 Å². The van der Waals surface area contributed by atoms with E-state index in [1.807, 2.05) is 13.8 Å². The summed E-state index contributed by atoms with van der Waals surface area (Å²) in [5.41, 5.74) is 0. The van der Waals surface area contributed by atoms with Crippen molar-refractivity contribution < 1.29 is 8.42 Å². The van der Waals surface area contributed by atoms with Crippen molar-refractivity contribution in [3.63, 3.8) is 0 Å². The Bertz CT molecular complexity index is 266. The first-order valence-electron chi connectivity index (χ1n) is 4.70. The molecule has 0 bridgehead atoms. The smallest absolute Gasteiger partial charge is 0.216 e. The maximum Gasteiger partial charge on any atom is 0.216 e. The SMILES string of the molecule is CCN(CC)CC1(S(N)(=O)=O)CC1. The first kappa shape index (κ1) is 10.9. The molecule has 1 fully saturated rings. The highest BCUT2D eigenvalue weighted by molar-refractivity contribution is 7.90. The summed E-state index contributed by atoms with van der Waals surface area (Å²) in [5.74, 6) is 0. The molecule has 1 aliphatic carbocycles. The van der Waals surface area contributed by atoms with Crippen molar-refractivity contribution in [2.75, 3.05) is 19.6 Å². The Hall–Kier alpha value is -0.130. The van der Waals surface area contributed by atoms with Gasteiger partial charge in [-0.15, -0.1) is 0 Å². The van der Waals surface area contributed by atoms with Gasteiger partial charge in [0.2, 0.25) is 10.0 Å². The molecule has 0 aromatic carbocycles. The molecule has 0 amide bonds. The van der Waals surface area contributed by atoms with Gasteiger partial charge >= 0.3 is 0 Å². The minimum absolute atomic E-state index is 0.596. The molecule has 0 saturated heterocycles. The van der Waals surface area contributed by atoms with Gasteiger partial charge in [-0.05, 0) is 25.9 Å². The molecular formula is C8H18N2O2S. The fourth-order valence-electron chi connectivity index (χ4n) is 1.53. The Morgan fingerprint density at radius 1 is 1.31 bits per heavy atom. The van der Waals surface area contributed by atoms with E-state index >= 15 is 0 Å². The molecule has 5 heteroatoms. The lowest BCUT2D eigenvalue weighted by Gasteiger charge is -2.23. The molecule has 1 saturated carbocycles. The third-order valence-corrected chi connectivity index (χ3v) is 4.56. The van der Waals surface area contributed by atoms with E-state index in [0.717, 1.165) is 25.9 Å². The van der Waals surface area contributed by atoms with Gasteiger partial charge in [-0.1, -0.05) is 13.8 Å². The van der Waals surface area contributed by atoms with E-state index in [0.29, 0.717) is 6.54 Å². The highest BCUT2D eigenvalue weighted by Crippen LogP contribution is 2.42. The minimum Gasteiger partial charge on any atom is -0.302 e. The molecule has 2 N–H and O–H groups in total. The molecule has 78 valence electrons. The average Bonchev–Trinajstić information content (AvgIpc) is 2.79. The van der Waals surface area contributed by atoms with Crippen molar-refractivity contribution in [1.82, 2.24) is 4.90 Å². The number of primary sulfonamides is 1. The largest absolute Gasteiger partial charge is 0.302 e. The van der Waals surface area contributed by atoms with Crippen molar-refractivity contribution in [3.05, 3.63) is 0 Å². The van der Waals surface area contributed by atoms with Crippen LogP contribution in [0.2, 0.25) is 0 Å². The van der Waals surface area contributed by atoms with Crippen LogP contribution in [0, 0.1) is 0 Å². The third-order valence-electron chi connectivity index (χ3n) is 2.82. The molecule has 1 rings (SSSR count). The maximum atomic E-state index is 11.2. The Balaban J connectivity index is 2.63. The Labute approximate surface area is 80.1 Å². The number of hydrogen-bond acceptors (Lipinski definition) is 3. The van der Waals surface area contributed by atoms with E-state index in [4.69, 9.17) is 5.14 Å². The lowest BCUT2D eigenvalue weighted by atomic mass is 10.3. The minimum atomic E-state index is -3.35. The number of rotatable bonds is 5. The average molecular weight is 206 g/mol. The van der Waals surface area contributed by atoms with Crippen molar-refractivity contribution in [1.29, 1.82) is 0 Å². The Morgan fingerprint density at radius 3 is 2.00 bits per heavy atom. The quantitative estimate of drug-likeness (QED) is 0.696. The number of nitrogens with two attached hydrogens (primary N) is 1. The molecule has 0 spiro atoms. The Kier molecular flexibility index (Phi) is 2.99. The van der Waals surface area contributed by atoms with Crippen molar-refractivity contribution in [2.45, 2.75) is 31.4 Å². The molecule has 0 aromatic heterocycles. The van der Waals surface area contributed by atoms with Gasteiger partial charge in [0.05, 0.1) is 4.75 Å². The first-order valence-corrected chi connectivity index (χ1v) is 6.24. The van der Waals surface area contributed by atoms with Crippen LogP contribution in [0.15, 0.2) is 0 Å². The highest BCUT2D eigenvalue weighted by atomic mass is 32.2.